The first-order valence-corrected chi connectivity index (χ1v) is 5.24. The topological polar surface area (TPSA) is 6.48 Å². The van der Waals surface area contributed by atoms with Crippen molar-refractivity contribution in [3.63, 3.8) is 0 Å². The highest BCUT2D eigenvalue weighted by Gasteiger charge is 2.26. The Morgan fingerprint density at radius 2 is 1.93 bits per heavy atom. The quantitative estimate of drug-likeness (QED) is 0.632. The highest BCUT2D eigenvalue weighted by molar-refractivity contribution is 5.77. The van der Waals surface area contributed by atoms with Gasteiger partial charge in [0.2, 0.25) is 0 Å². The van der Waals surface area contributed by atoms with Crippen molar-refractivity contribution in [1.29, 1.82) is 0 Å². The molecule has 0 unspecified atom stereocenters. The Morgan fingerprint density at radius 1 is 1.13 bits per heavy atom. The Kier molecular flexibility index (Phi) is 1.66. The van der Waals surface area contributed by atoms with E-state index in [0.29, 0.717) is 0 Å². The summed E-state index contributed by atoms with van der Waals surface area (Å²) >= 11 is 0. The van der Waals surface area contributed by atoms with Gasteiger partial charge in [-0.2, -0.15) is 0 Å². The number of anilines is 1. The summed E-state index contributed by atoms with van der Waals surface area (Å²) in [7, 11) is 2.14. The van der Waals surface area contributed by atoms with E-state index in [2.05, 4.69) is 60.2 Å². The van der Waals surface area contributed by atoms with Crippen LogP contribution in [0.2, 0.25) is 0 Å². The van der Waals surface area contributed by atoms with Gasteiger partial charge in [0.25, 0.3) is 0 Å². The maximum absolute atomic E-state index is 2.37. The molecule has 0 saturated carbocycles. The van der Waals surface area contributed by atoms with Gasteiger partial charge in [-0.05, 0) is 24.6 Å². The zero-order valence-electron chi connectivity index (χ0n) is 9.07. The van der Waals surface area contributed by atoms with Gasteiger partial charge in [-0.15, -0.1) is 0 Å². The van der Waals surface area contributed by atoms with Crippen molar-refractivity contribution in [3.05, 3.63) is 47.3 Å². The molecule has 2 aliphatic rings. The first-order valence-electron chi connectivity index (χ1n) is 5.24. The molecule has 0 atom stereocenters. The lowest BCUT2D eigenvalue weighted by Gasteiger charge is -2.25. The first-order chi connectivity index (χ1) is 7.27. The third kappa shape index (κ3) is 1.11. The molecule has 0 aliphatic carbocycles. The molecule has 0 fully saturated rings. The summed E-state index contributed by atoms with van der Waals surface area (Å²) in [5.74, 6) is 0. The summed E-state index contributed by atoms with van der Waals surface area (Å²) in [6.07, 6.45) is 4.41. The minimum Gasteiger partial charge on any atom is -0.358 e. The molecule has 0 spiro atoms. The second-order valence-electron chi connectivity index (χ2n) is 4.13. The van der Waals surface area contributed by atoms with E-state index in [9.17, 15) is 0 Å². The molecule has 0 aromatic heterocycles. The molecular formula is C13H14N2. The number of hydrogen-bond acceptors (Lipinski definition) is 2. The van der Waals surface area contributed by atoms with E-state index in [0.717, 1.165) is 6.67 Å². The fourth-order valence-electron chi connectivity index (χ4n) is 2.24. The highest BCUT2D eigenvalue weighted by atomic mass is 15.4. The number of hydrogen-bond donors (Lipinski definition) is 0. The number of rotatable bonds is 0. The fraction of sp³-hybridized carbons (Fsp3) is 0.231. The van der Waals surface area contributed by atoms with Crippen molar-refractivity contribution in [1.82, 2.24) is 4.90 Å². The van der Waals surface area contributed by atoms with Crippen LogP contribution in [0.5, 0.6) is 0 Å². The molecule has 15 heavy (non-hydrogen) atoms. The summed E-state index contributed by atoms with van der Waals surface area (Å²) < 4.78 is 0. The van der Waals surface area contributed by atoms with Crippen LogP contribution in [0.25, 0.3) is 6.08 Å². The van der Waals surface area contributed by atoms with Gasteiger partial charge < -0.3 is 9.80 Å². The van der Waals surface area contributed by atoms with Crippen molar-refractivity contribution in [2.45, 2.75) is 6.92 Å². The molecule has 1 aromatic rings. The van der Waals surface area contributed by atoms with Gasteiger partial charge in [-0.3, -0.25) is 0 Å². The molecule has 0 amide bonds. The number of allylic oxidation sites excluding steroid dienone is 2. The van der Waals surface area contributed by atoms with Gasteiger partial charge >= 0.3 is 0 Å². The largest absolute Gasteiger partial charge is 0.358 e. The van der Waals surface area contributed by atoms with E-state index in [1.165, 1.54) is 22.6 Å². The summed E-state index contributed by atoms with van der Waals surface area (Å²) in [5, 5.41) is 0. The number of para-hydroxylation sites is 1. The normalized spacial score (nSPS) is 18.3. The summed E-state index contributed by atoms with van der Waals surface area (Å²) in [6.45, 7) is 3.14. The fourth-order valence-corrected chi connectivity index (χ4v) is 2.24. The van der Waals surface area contributed by atoms with E-state index in [1.807, 2.05) is 0 Å². The second kappa shape index (κ2) is 2.89. The van der Waals surface area contributed by atoms with Crippen molar-refractivity contribution < 1.29 is 0 Å². The monoisotopic (exact) mass is 198 g/mol. The van der Waals surface area contributed by atoms with Gasteiger partial charge in [-0.25, -0.2) is 0 Å². The third-order valence-corrected chi connectivity index (χ3v) is 3.24. The molecule has 76 valence electrons. The van der Waals surface area contributed by atoms with Crippen LogP contribution >= 0.6 is 0 Å². The SMILES string of the molecule is CC1=C2C=Cc3ccccc3N2CN1C. The van der Waals surface area contributed by atoms with Crippen LogP contribution in [-0.4, -0.2) is 18.6 Å². The third-order valence-electron chi connectivity index (χ3n) is 3.24. The minimum absolute atomic E-state index is 0.961. The van der Waals surface area contributed by atoms with Gasteiger partial charge in [0.15, 0.2) is 0 Å². The summed E-state index contributed by atoms with van der Waals surface area (Å²) in [6, 6.07) is 8.54. The average Bonchev–Trinajstić information content (AvgIpc) is 2.56. The van der Waals surface area contributed by atoms with Gasteiger partial charge in [0.1, 0.15) is 0 Å². The van der Waals surface area contributed by atoms with E-state index in [4.69, 9.17) is 0 Å². The molecule has 0 N–H and O–H groups in total. The van der Waals surface area contributed by atoms with Crippen LogP contribution in [0.15, 0.2) is 41.7 Å². The van der Waals surface area contributed by atoms with E-state index in [-0.39, 0.29) is 0 Å². The lowest BCUT2D eigenvalue weighted by Crippen LogP contribution is -2.26. The Morgan fingerprint density at radius 3 is 2.80 bits per heavy atom. The maximum Gasteiger partial charge on any atom is 0.0947 e. The van der Waals surface area contributed by atoms with Crippen molar-refractivity contribution in [2.24, 2.45) is 0 Å². The zero-order valence-corrected chi connectivity index (χ0v) is 9.07. The molecule has 2 nitrogen and oxygen atoms in total. The van der Waals surface area contributed by atoms with Crippen LogP contribution in [-0.2, 0) is 0 Å². The first kappa shape index (κ1) is 8.60. The summed E-state index contributed by atoms with van der Waals surface area (Å²) in [5.41, 5.74) is 5.31. The smallest absolute Gasteiger partial charge is 0.0947 e. The van der Waals surface area contributed by atoms with Crippen molar-refractivity contribution in [3.8, 4) is 0 Å². The zero-order chi connectivity index (χ0) is 10.4. The Labute approximate surface area is 90.1 Å². The molecule has 2 heterocycles. The summed E-state index contributed by atoms with van der Waals surface area (Å²) in [4.78, 5) is 4.65. The maximum atomic E-state index is 2.37. The van der Waals surface area contributed by atoms with Gasteiger partial charge in [0.05, 0.1) is 18.1 Å². The van der Waals surface area contributed by atoms with E-state index >= 15 is 0 Å². The Balaban J connectivity index is 2.17. The van der Waals surface area contributed by atoms with Gasteiger partial charge in [-0.1, -0.05) is 24.3 Å². The van der Waals surface area contributed by atoms with Crippen molar-refractivity contribution >= 4 is 11.8 Å². The minimum atomic E-state index is 0.961. The molecular weight excluding hydrogens is 184 g/mol. The van der Waals surface area contributed by atoms with Crippen LogP contribution < -0.4 is 4.90 Å². The molecule has 2 aliphatic heterocycles. The Hall–Kier alpha value is -1.70. The van der Waals surface area contributed by atoms with E-state index in [1.54, 1.807) is 0 Å². The molecule has 1 aromatic carbocycles. The number of benzene rings is 1. The lowest BCUT2D eigenvalue weighted by molar-refractivity contribution is 0.460. The van der Waals surface area contributed by atoms with Crippen LogP contribution in [0, 0.1) is 0 Å². The molecule has 3 rings (SSSR count). The molecule has 2 heteroatoms. The second-order valence-corrected chi connectivity index (χ2v) is 4.13. The van der Waals surface area contributed by atoms with Gasteiger partial charge in [0, 0.05) is 12.7 Å². The number of nitrogens with zero attached hydrogens (tertiary/aromatic N) is 2. The van der Waals surface area contributed by atoms with Crippen LogP contribution in [0.4, 0.5) is 5.69 Å². The Bertz CT molecular complexity index is 471. The van der Waals surface area contributed by atoms with E-state index < -0.39 is 0 Å². The van der Waals surface area contributed by atoms with Crippen LogP contribution in [0.3, 0.4) is 0 Å². The molecule has 0 saturated heterocycles. The average molecular weight is 198 g/mol. The predicted molar refractivity (Wildman–Crippen MR) is 63.3 cm³/mol. The standard InChI is InChI=1S/C13H14N2/c1-10-12-8-7-11-5-3-4-6-13(11)15(12)9-14(10)2/h3-8H,9H2,1-2H3. The molecule has 0 radical (unpaired) electrons. The van der Waals surface area contributed by atoms with Crippen molar-refractivity contribution in [2.75, 3.05) is 18.6 Å². The predicted octanol–water partition coefficient (Wildman–Crippen LogP) is 2.65. The van der Waals surface area contributed by atoms with Crippen LogP contribution in [0.1, 0.15) is 12.5 Å². The molecule has 0 bridgehead atoms. The lowest BCUT2D eigenvalue weighted by atomic mass is 10.1. The number of fused-ring (bicyclic) bond motifs is 3. The highest BCUT2D eigenvalue weighted by Crippen LogP contribution is 2.35.